The molecule has 0 N–H and O–H groups in total. The van der Waals surface area contributed by atoms with Crippen LogP contribution in [0.3, 0.4) is 0 Å². The third-order valence-corrected chi connectivity index (χ3v) is 6.66. The molecule has 1 unspecified atom stereocenters. The van der Waals surface area contributed by atoms with Crippen molar-refractivity contribution in [2.45, 2.75) is 69.4 Å². The van der Waals surface area contributed by atoms with Gasteiger partial charge in [0.05, 0.1) is 0 Å². The van der Waals surface area contributed by atoms with Gasteiger partial charge in [-0.15, -0.1) is 0 Å². The second kappa shape index (κ2) is 12.1. The maximum absolute atomic E-state index is 11.2. The number of hydrogen-bond donors (Lipinski definition) is 0. The third kappa shape index (κ3) is 9.93. The van der Waals surface area contributed by atoms with Crippen LogP contribution in [-0.2, 0) is 9.53 Å². The predicted octanol–water partition coefficient (Wildman–Crippen LogP) is 4.12. The zero-order valence-corrected chi connectivity index (χ0v) is 15.7. The molecule has 0 aromatic heterocycles. The zero-order valence-electron chi connectivity index (χ0n) is 13.3. The second-order valence-corrected chi connectivity index (χ2v) is 8.53. The number of rotatable bonds is 11. The molecule has 0 radical (unpaired) electrons. The van der Waals surface area contributed by atoms with Crippen LogP contribution in [0.4, 0.5) is 0 Å². The van der Waals surface area contributed by atoms with Crippen molar-refractivity contribution in [2.24, 2.45) is 0 Å². The van der Waals surface area contributed by atoms with Crippen LogP contribution in [0.15, 0.2) is 30.3 Å². The van der Waals surface area contributed by atoms with E-state index in [0.717, 1.165) is 10.9 Å². The molecule has 0 spiro atoms. The van der Waals surface area contributed by atoms with Crippen molar-refractivity contribution in [2.75, 3.05) is 0 Å². The third-order valence-electron chi connectivity index (χ3n) is 3.39. The number of esters is 1. The molecule has 118 valence electrons. The van der Waals surface area contributed by atoms with Crippen LogP contribution in [0.25, 0.3) is 0 Å². The molecule has 1 aromatic rings. The van der Waals surface area contributed by atoms with E-state index >= 15 is 0 Å². The molecule has 1 rings (SSSR count). The van der Waals surface area contributed by atoms with Crippen LogP contribution in [-0.4, -0.2) is 33.0 Å². The molecule has 1 atom stereocenters. The van der Waals surface area contributed by atoms with Gasteiger partial charge < -0.3 is 0 Å². The fraction of sp³-hybridized carbons (Fsp3) is 0.611. The van der Waals surface area contributed by atoms with E-state index in [1.807, 2.05) is 0 Å². The number of benzene rings is 1. The first-order valence-corrected chi connectivity index (χ1v) is 10.9. The fourth-order valence-electron chi connectivity index (χ4n) is 2.27. The van der Waals surface area contributed by atoms with E-state index in [9.17, 15) is 4.79 Å². The quantitative estimate of drug-likeness (QED) is 0.315. The summed E-state index contributed by atoms with van der Waals surface area (Å²) < 4.78 is 8.00. The topological polar surface area (TPSA) is 26.3 Å². The first kappa shape index (κ1) is 18.5. The summed E-state index contributed by atoms with van der Waals surface area (Å²) in [6.45, 7) is 3.77. The summed E-state index contributed by atoms with van der Waals surface area (Å²) in [6.07, 6.45) is 8.90. The number of hydrogen-bond acceptors (Lipinski definition) is 2. The Morgan fingerprint density at radius 2 is 1.76 bits per heavy atom. The van der Waals surface area contributed by atoms with Gasteiger partial charge in [-0.1, -0.05) is 0 Å². The molecule has 0 amide bonds. The summed E-state index contributed by atoms with van der Waals surface area (Å²) in [4.78, 5) is 11.2. The van der Waals surface area contributed by atoms with Crippen LogP contribution in [0.1, 0.15) is 58.8 Å². The van der Waals surface area contributed by atoms with Gasteiger partial charge in [-0.05, 0) is 0 Å². The first-order valence-electron chi connectivity index (χ1n) is 8.07. The van der Waals surface area contributed by atoms with E-state index in [1.54, 1.807) is 0 Å². The Morgan fingerprint density at radius 1 is 1.10 bits per heavy atom. The van der Waals surface area contributed by atoms with Crippen molar-refractivity contribution in [3.05, 3.63) is 30.3 Å². The average Bonchev–Trinajstić information content (AvgIpc) is 2.48. The molecule has 21 heavy (non-hydrogen) atoms. The Morgan fingerprint density at radius 3 is 2.43 bits per heavy atom. The average molecular weight is 404 g/mol. The summed E-state index contributed by atoms with van der Waals surface area (Å²) in [6, 6.07) is 10.6. The van der Waals surface area contributed by atoms with Crippen molar-refractivity contribution in [1.29, 1.82) is 0 Å². The number of unbranched alkanes of at least 4 members (excludes halogenated alkanes) is 5. The predicted molar refractivity (Wildman–Crippen MR) is 90.2 cm³/mol. The molecule has 0 heterocycles. The SMILES string of the molecule is CCCCCCCCC(C[Te]c1ccccc1)OC(C)=O. The molecular weight excluding hydrogens is 376 g/mol. The zero-order chi connectivity index (χ0) is 15.3. The van der Waals surface area contributed by atoms with Crippen molar-refractivity contribution in [3.8, 4) is 0 Å². The van der Waals surface area contributed by atoms with E-state index in [4.69, 9.17) is 4.74 Å². The molecule has 0 saturated heterocycles. The van der Waals surface area contributed by atoms with Crippen LogP contribution in [0.2, 0.25) is 4.47 Å². The van der Waals surface area contributed by atoms with Crippen molar-refractivity contribution < 1.29 is 9.53 Å². The summed E-state index contributed by atoms with van der Waals surface area (Å²) >= 11 is -0.243. The molecule has 0 saturated carbocycles. The van der Waals surface area contributed by atoms with Gasteiger partial charge in [-0.3, -0.25) is 0 Å². The van der Waals surface area contributed by atoms with Gasteiger partial charge in [0.25, 0.3) is 0 Å². The molecule has 0 aliphatic rings. The molecular formula is C18H28O2Te. The van der Waals surface area contributed by atoms with Crippen LogP contribution < -0.4 is 3.61 Å². The van der Waals surface area contributed by atoms with Gasteiger partial charge in [-0.25, -0.2) is 0 Å². The molecule has 0 fully saturated rings. The van der Waals surface area contributed by atoms with Crippen LogP contribution in [0.5, 0.6) is 0 Å². The first-order chi connectivity index (χ1) is 10.2. The Bertz CT molecular complexity index is 378. The van der Waals surface area contributed by atoms with Crippen molar-refractivity contribution in [1.82, 2.24) is 0 Å². The van der Waals surface area contributed by atoms with Crippen LogP contribution in [0, 0.1) is 0 Å². The minimum absolute atomic E-state index is 0.133. The van der Waals surface area contributed by atoms with E-state index in [0.29, 0.717) is 0 Å². The molecule has 2 nitrogen and oxygen atoms in total. The van der Waals surface area contributed by atoms with Gasteiger partial charge in [0.1, 0.15) is 0 Å². The molecule has 1 aromatic carbocycles. The standard InChI is InChI=1S/C18H28O2Te/c1-3-4-5-6-7-9-12-17(20-16(2)19)15-21-18-13-10-8-11-14-18/h8,10-11,13-14,17H,3-7,9,12,15H2,1-2H3. The van der Waals surface area contributed by atoms with E-state index in [2.05, 4.69) is 37.3 Å². The minimum atomic E-state index is -0.243. The Kier molecular flexibility index (Phi) is 10.6. The number of carbonyl (C=O) groups is 1. The van der Waals surface area contributed by atoms with E-state index in [-0.39, 0.29) is 33.0 Å². The molecule has 0 aliphatic heterocycles. The summed E-state index contributed by atoms with van der Waals surface area (Å²) in [5.41, 5.74) is 0. The Balaban J connectivity index is 2.25. The van der Waals surface area contributed by atoms with Crippen LogP contribution >= 0.6 is 0 Å². The van der Waals surface area contributed by atoms with Crippen molar-refractivity contribution >= 4 is 30.5 Å². The number of carbonyl (C=O) groups excluding carboxylic acids is 1. The van der Waals surface area contributed by atoms with Gasteiger partial charge in [-0.2, -0.15) is 0 Å². The summed E-state index contributed by atoms with van der Waals surface area (Å²) in [5, 5.41) is 0. The molecule has 3 heteroatoms. The van der Waals surface area contributed by atoms with Gasteiger partial charge in [0.15, 0.2) is 0 Å². The molecule has 0 aliphatic carbocycles. The summed E-state index contributed by atoms with van der Waals surface area (Å²) in [5.74, 6) is -0.133. The summed E-state index contributed by atoms with van der Waals surface area (Å²) in [7, 11) is 0. The Hall–Kier alpha value is -0.520. The van der Waals surface area contributed by atoms with Crippen molar-refractivity contribution in [3.63, 3.8) is 0 Å². The van der Waals surface area contributed by atoms with E-state index in [1.165, 1.54) is 49.1 Å². The molecule has 0 bridgehead atoms. The normalized spacial score (nSPS) is 12.1. The Labute approximate surface area is 139 Å². The van der Waals surface area contributed by atoms with Gasteiger partial charge >= 0.3 is 140 Å². The monoisotopic (exact) mass is 406 g/mol. The number of ether oxygens (including phenoxy) is 1. The second-order valence-electron chi connectivity index (χ2n) is 5.41. The maximum atomic E-state index is 11.2. The van der Waals surface area contributed by atoms with Gasteiger partial charge in [0.2, 0.25) is 0 Å². The van der Waals surface area contributed by atoms with E-state index < -0.39 is 0 Å². The fourth-order valence-corrected chi connectivity index (χ4v) is 5.02. The van der Waals surface area contributed by atoms with Gasteiger partial charge in [0, 0.05) is 0 Å².